The molecule has 2 aromatic heterocycles. The van der Waals surface area contributed by atoms with Crippen LogP contribution >= 0.6 is 0 Å². The lowest BCUT2D eigenvalue weighted by Crippen LogP contribution is -2.37. The summed E-state index contributed by atoms with van der Waals surface area (Å²) in [5.41, 5.74) is 0.673. The average Bonchev–Trinajstić information content (AvgIpc) is 2.80. The number of methoxy groups -OCH3 is 3. The summed E-state index contributed by atoms with van der Waals surface area (Å²) in [7, 11) is 7.40. The van der Waals surface area contributed by atoms with E-state index in [1.165, 1.54) is 52.3 Å². The topological polar surface area (TPSA) is 114 Å². The molecule has 0 aliphatic heterocycles. The number of rotatable bonds is 6. The van der Waals surface area contributed by atoms with Crippen LogP contribution in [0.1, 0.15) is 11.1 Å². The van der Waals surface area contributed by atoms with Crippen molar-refractivity contribution in [3.63, 3.8) is 0 Å². The Labute approximate surface area is 183 Å². The number of amides is 1. The van der Waals surface area contributed by atoms with E-state index >= 15 is 0 Å². The van der Waals surface area contributed by atoms with Gasteiger partial charge in [0.2, 0.25) is 11.7 Å². The molecule has 2 heterocycles. The molecule has 10 heteroatoms. The fourth-order valence-corrected chi connectivity index (χ4v) is 3.32. The van der Waals surface area contributed by atoms with Gasteiger partial charge in [0.1, 0.15) is 5.39 Å². The van der Waals surface area contributed by atoms with Crippen molar-refractivity contribution in [1.82, 2.24) is 14.1 Å². The summed E-state index contributed by atoms with van der Waals surface area (Å²) in [5, 5.41) is 2.89. The Balaban J connectivity index is 2.00. The standard InChI is InChI=1S/C22H24N4O6/c1-12-11-23-20-17(21(28)26(3)22(29)25(20)2)18(12)24-16(27)8-7-13-9-14(30-4)19(32-6)15(10-13)31-5/h7-11H,1-6H3,(H,23,24,27)/b8-7-. The van der Waals surface area contributed by atoms with E-state index in [0.717, 1.165) is 4.57 Å². The molecule has 0 aliphatic rings. The number of carbonyl (C=O) groups is 1. The van der Waals surface area contributed by atoms with Crippen LogP contribution in [0.3, 0.4) is 0 Å². The zero-order valence-electron chi connectivity index (χ0n) is 18.7. The summed E-state index contributed by atoms with van der Waals surface area (Å²) < 4.78 is 18.2. The van der Waals surface area contributed by atoms with E-state index in [1.54, 1.807) is 25.1 Å². The highest BCUT2D eigenvalue weighted by Gasteiger charge is 2.17. The molecule has 0 spiro atoms. The third kappa shape index (κ3) is 3.94. The first-order valence-electron chi connectivity index (χ1n) is 9.57. The van der Waals surface area contributed by atoms with Crippen molar-refractivity contribution < 1.29 is 19.0 Å². The molecule has 1 aromatic carbocycles. The summed E-state index contributed by atoms with van der Waals surface area (Å²) in [6, 6.07) is 3.40. The molecule has 0 aliphatic carbocycles. The van der Waals surface area contributed by atoms with Crippen molar-refractivity contribution in [1.29, 1.82) is 0 Å². The van der Waals surface area contributed by atoms with E-state index in [1.807, 2.05) is 0 Å². The van der Waals surface area contributed by atoms with Gasteiger partial charge in [0.05, 0.1) is 27.0 Å². The molecule has 0 saturated heterocycles. The van der Waals surface area contributed by atoms with E-state index in [-0.39, 0.29) is 11.0 Å². The zero-order valence-corrected chi connectivity index (χ0v) is 18.7. The van der Waals surface area contributed by atoms with Crippen LogP contribution in [0.5, 0.6) is 17.2 Å². The van der Waals surface area contributed by atoms with Crippen molar-refractivity contribution in [3.05, 3.63) is 56.4 Å². The maximum atomic E-state index is 12.7. The van der Waals surface area contributed by atoms with Crippen LogP contribution in [0.2, 0.25) is 0 Å². The van der Waals surface area contributed by atoms with Crippen LogP contribution in [-0.2, 0) is 18.9 Å². The van der Waals surface area contributed by atoms with Gasteiger partial charge in [-0.3, -0.25) is 18.7 Å². The van der Waals surface area contributed by atoms with E-state index in [9.17, 15) is 14.4 Å². The van der Waals surface area contributed by atoms with E-state index in [2.05, 4.69) is 10.3 Å². The number of hydrogen-bond donors (Lipinski definition) is 1. The molecule has 0 saturated carbocycles. The molecule has 168 valence electrons. The second kappa shape index (κ2) is 8.96. The largest absolute Gasteiger partial charge is 0.493 e. The Hall–Kier alpha value is -4.08. The van der Waals surface area contributed by atoms with Crippen molar-refractivity contribution in [2.45, 2.75) is 6.92 Å². The first kappa shape index (κ1) is 22.6. The average molecular weight is 440 g/mol. The quantitative estimate of drug-likeness (QED) is 0.580. The Kier molecular flexibility index (Phi) is 6.33. The monoisotopic (exact) mass is 440 g/mol. The van der Waals surface area contributed by atoms with Gasteiger partial charge in [-0.2, -0.15) is 0 Å². The summed E-state index contributed by atoms with van der Waals surface area (Å²) in [5.74, 6) is 0.877. The fraction of sp³-hybridized carbons (Fsp3) is 0.273. The summed E-state index contributed by atoms with van der Waals surface area (Å²) in [6.07, 6.45) is 4.39. The molecular weight excluding hydrogens is 416 g/mol. The van der Waals surface area contributed by atoms with E-state index in [4.69, 9.17) is 14.2 Å². The Morgan fingerprint density at radius 1 is 1.03 bits per heavy atom. The summed E-state index contributed by atoms with van der Waals surface area (Å²) in [4.78, 5) is 41.8. The van der Waals surface area contributed by atoms with Gasteiger partial charge in [-0.05, 0) is 36.3 Å². The highest BCUT2D eigenvalue weighted by Crippen LogP contribution is 2.38. The number of nitrogens with zero attached hydrogens (tertiary/aromatic N) is 3. The third-order valence-corrected chi connectivity index (χ3v) is 5.02. The fourth-order valence-electron chi connectivity index (χ4n) is 3.32. The number of ether oxygens (including phenoxy) is 3. The minimum Gasteiger partial charge on any atom is -0.493 e. The number of nitrogens with one attached hydrogen (secondary N) is 1. The lowest BCUT2D eigenvalue weighted by molar-refractivity contribution is -0.111. The van der Waals surface area contributed by atoms with Gasteiger partial charge >= 0.3 is 5.69 Å². The number of aromatic nitrogens is 3. The van der Waals surface area contributed by atoms with Crippen LogP contribution < -0.4 is 30.8 Å². The normalized spacial score (nSPS) is 11.1. The molecule has 1 amide bonds. The molecule has 0 atom stereocenters. The van der Waals surface area contributed by atoms with Crippen molar-refractivity contribution in [3.8, 4) is 17.2 Å². The van der Waals surface area contributed by atoms with Crippen LogP contribution in [0.4, 0.5) is 5.69 Å². The van der Waals surface area contributed by atoms with Gasteiger partial charge in [0, 0.05) is 26.4 Å². The maximum absolute atomic E-state index is 12.7. The number of carbonyl (C=O) groups excluding carboxylic acids is 1. The highest BCUT2D eigenvalue weighted by atomic mass is 16.5. The van der Waals surface area contributed by atoms with Crippen LogP contribution in [-0.4, -0.2) is 41.4 Å². The smallest absolute Gasteiger partial charge is 0.332 e. The number of benzene rings is 1. The van der Waals surface area contributed by atoms with Crippen LogP contribution in [0.15, 0.2) is 34.0 Å². The first-order valence-corrected chi connectivity index (χ1v) is 9.57. The van der Waals surface area contributed by atoms with Crippen molar-refractivity contribution in [2.75, 3.05) is 26.6 Å². The molecule has 1 N–H and O–H groups in total. The Bertz CT molecular complexity index is 1330. The number of aryl methyl sites for hydroxylation is 2. The maximum Gasteiger partial charge on any atom is 0.332 e. The number of anilines is 1. The minimum absolute atomic E-state index is 0.157. The molecule has 3 rings (SSSR count). The van der Waals surface area contributed by atoms with Gasteiger partial charge in [-0.1, -0.05) is 0 Å². The van der Waals surface area contributed by atoms with Crippen LogP contribution in [0.25, 0.3) is 17.1 Å². The molecular formula is C22H24N4O6. The third-order valence-electron chi connectivity index (χ3n) is 5.02. The van der Waals surface area contributed by atoms with Crippen molar-refractivity contribution >= 4 is 28.7 Å². The van der Waals surface area contributed by atoms with Gasteiger partial charge in [-0.25, -0.2) is 9.78 Å². The lowest BCUT2D eigenvalue weighted by atomic mass is 10.1. The SMILES string of the molecule is COc1cc(/C=C\C(=O)Nc2c(C)cnc3c2c(=O)n(C)c(=O)n3C)cc(OC)c1OC. The Morgan fingerprint density at radius 2 is 1.66 bits per heavy atom. The molecule has 0 bridgehead atoms. The lowest BCUT2D eigenvalue weighted by Gasteiger charge is -2.13. The van der Waals surface area contributed by atoms with Gasteiger partial charge in [0.15, 0.2) is 17.1 Å². The predicted molar refractivity (Wildman–Crippen MR) is 121 cm³/mol. The second-order valence-electron chi connectivity index (χ2n) is 7.00. The molecule has 3 aromatic rings. The minimum atomic E-state index is -0.539. The zero-order chi connectivity index (χ0) is 23.6. The molecule has 0 radical (unpaired) electrons. The summed E-state index contributed by atoms with van der Waals surface area (Å²) >= 11 is 0. The predicted octanol–water partition coefficient (Wildman–Crippen LogP) is 1.62. The number of hydrogen-bond acceptors (Lipinski definition) is 7. The van der Waals surface area contributed by atoms with Crippen LogP contribution in [0, 0.1) is 6.92 Å². The van der Waals surface area contributed by atoms with Crippen molar-refractivity contribution in [2.24, 2.45) is 14.1 Å². The van der Waals surface area contributed by atoms with Gasteiger partial charge < -0.3 is 19.5 Å². The van der Waals surface area contributed by atoms with Gasteiger partial charge in [0.25, 0.3) is 5.56 Å². The highest BCUT2D eigenvalue weighted by molar-refractivity contribution is 6.07. The molecule has 0 fully saturated rings. The molecule has 10 nitrogen and oxygen atoms in total. The second-order valence-corrected chi connectivity index (χ2v) is 7.00. The summed E-state index contributed by atoms with van der Waals surface area (Å²) in [6.45, 7) is 1.72. The molecule has 0 unspecified atom stereocenters. The number of pyridine rings is 1. The van der Waals surface area contributed by atoms with Gasteiger partial charge in [-0.15, -0.1) is 0 Å². The number of fused-ring (bicyclic) bond motifs is 1. The Morgan fingerprint density at radius 3 is 2.22 bits per heavy atom. The van der Waals surface area contributed by atoms with E-state index < -0.39 is 17.2 Å². The first-order chi connectivity index (χ1) is 15.2. The molecule has 32 heavy (non-hydrogen) atoms. The van der Waals surface area contributed by atoms with E-state index in [0.29, 0.717) is 34.1 Å².